The van der Waals surface area contributed by atoms with Crippen molar-refractivity contribution in [3.8, 4) is 17.4 Å². The molecule has 0 unspecified atom stereocenters. The summed E-state index contributed by atoms with van der Waals surface area (Å²) in [5.41, 5.74) is 3.57. The van der Waals surface area contributed by atoms with Crippen molar-refractivity contribution in [3.63, 3.8) is 0 Å². The number of ether oxygens (including phenoxy) is 2. The summed E-state index contributed by atoms with van der Waals surface area (Å²) in [6, 6.07) is 20.0. The fourth-order valence-electron chi connectivity index (χ4n) is 3.60. The molecule has 1 heterocycles. The Bertz CT molecular complexity index is 1600. The van der Waals surface area contributed by atoms with E-state index < -0.39 is 5.91 Å². The number of hydrogen-bond donors (Lipinski definition) is 5. The number of carbonyl (C=O) groups excluding carboxylic acids is 3. The lowest BCUT2D eigenvalue weighted by atomic mass is 10.2. The molecule has 0 spiro atoms. The lowest BCUT2D eigenvalue weighted by molar-refractivity contribution is -0.116. The van der Waals surface area contributed by atoms with E-state index in [1.165, 1.54) is 24.4 Å². The van der Waals surface area contributed by atoms with Gasteiger partial charge in [-0.3, -0.25) is 19.6 Å². The van der Waals surface area contributed by atoms with Crippen LogP contribution >= 0.6 is 11.6 Å². The van der Waals surface area contributed by atoms with Gasteiger partial charge in [0, 0.05) is 35.1 Å². The zero-order chi connectivity index (χ0) is 30.6. The third-order valence-corrected chi connectivity index (χ3v) is 5.93. The summed E-state index contributed by atoms with van der Waals surface area (Å²) in [5, 5.41) is 17.3. The van der Waals surface area contributed by atoms with Crippen LogP contribution in [0.3, 0.4) is 0 Å². The topological polar surface area (TPSA) is 164 Å². The zero-order valence-electron chi connectivity index (χ0n) is 22.7. The molecular weight excluding hydrogens is 576 g/mol. The highest BCUT2D eigenvalue weighted by molar-refractivity contribution is 6.31. The van der Waals surface area contributed by atoms with Crippen molar-refractivity contribution in [2.24, 2.45) is 0 Å². The van der Waals surface area contributed by atoms with E-state index in [1.807, 2.05) is 0 Å². The smallest absolute Gasteiger partial charge is 0.274 e. The van der Waals surface area contributed by atoms with Gasteiger partial charge in [0.15, 0.2) is 0 Å². The Balaban J connectivity index is 1.24. The van der Waals surface area contributed by atoms with Crippen molar-refractivity contribution in [1.29, 1.82) is 0 Å². The second kappa shape index (κ2) is 15.0. The number of hydrogen-bond acceptors (Lipinski definition) is 9. The Kier molecular flexibility index (Phi) is 10.6. The van der Waals surface area contributed by atoms with Crippen molar-refractivity contribution in [3.05, 3.63) is 102 Å². The van der Waals surface area contributed by atoms with Gasteiger partial charge in [0.2, 0.25) is 23.6 Å². The van der Waals surface area contributed by atoms with Crippen LogP contribution in [0.5, 0.6) is 17.4 Å². The molecule has 0 aliphatic heterocycles. The lowest BCUT2D eigenvalue weighted by Crippen LogP contribution is -2.18. The SMILES string of the molecule is C=CC(=O)Nc1cccc(Oc2nc(Nc3ccc(OCCCC(=O)Nc4ccc(C(=O)NO)cc4)cc3)ncc2Cl)c1. The molecule has 4 aromatic rings. The maximum atomic E-state index is 12.2. The minimum Gasteiger partial charge on any atom is -0.494 e. The zero-order valence-corrected chi connectivity index (χ0v) is 23.4. The molecule has 3 aromatic carbocycles. The number of amides is 3. The summed E-state index contributed by atoms with van der Waals surface area (Å²) < 4.78 is 11.5. The number of nitrogens with one attached hydrogen (secondary N) is 4. The van der Waals surface area contributed by atoms with E-state index in [0.29, 0.717) is 41.6 Å². The maximum Gasteiger partial charge on any atom is 0.274 e. The van der Waals surface area contributed by atoms with Gasteiger partial charge in [0.1, 0.15) is 16.5 Å². The Morgan fingerprint density at radius 2 is 1.67 bits per heavy atom. The molecule has 43 heavy (non-hydrogen) atoms. The van der Waals surface area contributed by atoms with E-state index in [9.17, 15) is 14.4 Å². The number of aromatic nitrogens is 2. The molecule has 12 nitrogen and oxygen atoms in total. The van der Waals surface area contributed by atoms with E-state index in [0.717, 1.165) is 0 Å². The molecule has 3 amide bonds. The van der Waals surface area contributed by atoms with Crippen molar-refractivity contribution < 1.29 is 29.1 Å². The number of benzene rings is 3. The number of anilines is 4. The van der Waals surface area contributed by atoms with E-state index >= 15 is 0 Å². The normalized spacial score (nSPS) is 10.3. The summed E-state index contributed by atoms with van der Waals surface area (Å²) >= 11 is 6.23. The van der Waals surface area contributed by atoms with Crippen molar-refractivity contribution >= 4 is 52.3 Å². The molecule has 1 aromatic heterocycles. The van der Waals surface area contributed by atoms with Gasteiger partial charge in [-0.25, -0.2) is 10.5 Å². The molecule has 4 rings (SSSR count). The van der Waals surface area contributed by atoms with Crippen molar-refractivity contribution in [2.45, 2.75) is 12.8 Å². The van der Waals surface area contributed by atoms with Gasteiger partial charge in [-0.15, -0.1) is 0 Å². The van der Waals surface area contributed by atoms with Crippen LogP contribution in [-0.2, 0) is 9.59 Å². The minimum absolute atomic E-state index is 0.126. The van der Waals surface area contributed by atoms with Crippen LogP contribution in [-0.4, -0.2) is 39.5 Å². The molecule has 0 saturated heterocycles. The van der Waals surface area contributed by atoms with E-state index in [2.05, 4.69) is 32.5 Å². The summed E-state index contributed by atoms with van der Waals surface area (Å²) in [6.45, 7) is 3.76. The lowest BCUT2D eigenvalue weighted by Gasteiger charge is -2.11. The first kappa shape index (κ1) is 30.5. The number of rotatable bonds is 13. The third-order valence-electron chi connectivity index (χ3n) is 5.67. The molecule has 0 bridgehead atoms. The molecule has 0 aliphatic rings. The summed E-state index contributed by atoms with van der Waals surface area (Å²) in [6.07, 6.45) is 3.31. The highest BCUT2D eigenvalue weighted by Gasteiger charge is 2.10. The number of carbonyl (C=O) groups is 3. The molecular formula is C30H27ClN6O6. The first-order valence-corrected chi connectivity index (χ1v) is 13.3. The number of hydroxylamine groups is 1. The Morgan fingerprint density at radius 1 is 0.930 bits per heavy atom. The average Bonchev–Trinajstić information content (AvgIpc) is 3.02. The maximum absolute atomic E-state index is 12.2. The second-order valence-corrected chi connectivity index (χ2v) is 9.25. The Morgan fingerprint density at radius 3 is 2.40 bits per heavy atom. The van der Waals surface area contributed by atoms with Crippen molar-refractivity contribution in [1.82, 2.24) is 15.4 Å². The molecule has 0 atom stereocenters. The first-order chi connectivity index (χ1) is 20.8. The number of nitrogens with zero attached hydrogens (tertiary/aromatic N) is 2. The number of halogens is 1. The van der Waals surface area contributed by atoms with Gasteiger partial charge in [-0.2, -0.15) is 4.98 Å². The molecule has 0 radical (unpaired) electrons. The molecule has 220 valence electrons. The van der Waals surface area contributed by atoms with Crippen LogP contribution < -0.4 is 30.9 Å². The van der Waals surface area contributed by atoms with Crippen LogP contribution in [0.4, 0.5) is 23.0 Å². The molecule has 0 fully saturated rings. The van der Waals surface area contributed by atoms with Crippen LogP contribution in [0, 0.1) is 0 Å². The van der Waals surface area contributed by atoms with Gasteiger partial charge in [0.25, 0.3) is 5.91 Å². The fourth-order valence-corrected chi connectivity index (χ4v) is 3.73. The van der Waals surface area contributed by atoms with Crippen LogP contribution in [0.2, 0.25) is 5.02 Å². The largest absolute Gasteiger partial charge is 0.494 e. The molecule has 5 N–H and O–H groups in total. The quantitative estimate of drug-likeness (QED) is 0.0558. The highest BCUT2D eigenvalue weighted by atomic mass is 35.5. The average molecular weight is 603 g/mol. The van der Waals surface area contributed by atoms with E-state index in [-0.39, 0.29) is 40.6 Å². The van der Waals surface area contributed by atoms with Crippen LogP contribution in [0.25, 0.3) is 0 Å². The van der Waals surface area contributed by atoms with Crippen LogP contribution in [0.15, 0.2) is 91.6 Å². The van der Waals surface area contributed by atoms with Gasteiger partial charge in [0.05, 0.1) is 12.8 Å². The predicted molar refractivity (Wildman–Crippen MR) is 161 cm³/mol. The van der Waals surface area contributed by atoms with Gasteiger partial charge in [-0.1, -0.05) is 24.2 Å². The van der Waals surface area contributed by atoms with Gasteiger partial charge in [-0.05, 0) is 73.2 Å². The fraction of sp³-hybridized carbons (Fsp3) is 0.100. The van der Waals surface area contributed by atoms with Crippen LogP contribution in [0.1, 0.15) is 23.2 Å². The molecule has 0 saturated carbocycles. The third kappa shape index (κ3) is 9.28. The Labute approximate surface area is 251 Å². The summed E-state index contributed by atoms with van der Waals surface area (Å²) in [7, 11) is 0. The first-order valence-electron chi connectivity index (χ1n) is 12.9. The second-order valence-electron chi connectivity index (χ2n) is 8.84. The standard InChI is InChI=1S/C30H27ClN6O6/c1-2-26(38)34-22-5-3-6-24(17-22)43-29-25(31)18-32-30(36-29)35-21-12-14-23(15-13-21)42-16-4-7-27(39)33-20-10-8-19(9-11-20)28(40)37-41/h2-3,5-6,8-15,17-18,41H,1,4,7,16H2,(H,33,39)(H,34,38)(H,37,40)(H,32,35,36). The van der Waals surface area contributed by atoms with Gasteiger partial charge < -0.3 is 25.4 Å². The highest BCUT2D eigenvalue weighted by Crippen LogP contribution is 2.30. The predicted octanol–water partition coefficient (Wildman–Crippen LogP) is 5.71. The Hall–Kier alpha value is -5.46. The minimum atomic E-state index is -0.632. The molecule has 13 heteroatoms. The molecule has 0 aliphatic carbocycles. The van der Waals surface area contributed by atoms with E-state index in [1.54, 1.807) is 66.1 Å². The summed E-state index contributed by atoms with van der Waals surface area (Å²) in [5.74, 6) is 0.237. The monoisotopic (exact) mass is 602 g/mol. The van der Waals surface area contributed by atoms with Gasteiger partial charge >= 0.3 is 0 Å². The summed E-state index contributed by atoms with van der Waals surface area (Å²) in [4.78, 5) is 43.6. The van der Waals surface area contributed by atoms with E-state index in [4.69, 9.17) is 26.3 Å². The van der Waals surface area contributed by atoms with Crippen molar-refractivity contribution in [2.75, 3.05) is 22.6 Å².